The monoisotopic (exact) mass is 226 g/mol. The Labute approximate surface area is 90.0 Å². The van der Waals surface area contributed by atoms with E-state index in [4.69, 9.17) is 4.74 Å². The van der Waals surface area contributed by atoms with Gasteiger partial charge in [0.05, 0.1) is 22.9 Å². The van der Waals surface area contributed by atoms with Crippen molar-refractivity contribution in [2.75, 3.05) is 12.4 Å². The normalized spacial score (nSPS) is 25.1. The van der Waals surface area contributed by atoms with E-state index in [1.165, 1.54) is 0 Å². The first-order chi connectivity index (χ1) is 7.02. The van der Waals surface area contributed by atoms with Crippen LogP contribution in [0.3, 0.4) is 0 Å². The van der Waals surface area contributed by atoms with Crippen LogP contribution in [0.4, 0.5) is 0 Å². The van der Waals surface area contributed by atoms with E-state index in [0.29, 0.717) is 17.9 Å². The third kappa shape index (κ3) is 2.58. The molecule has 0 bridgehead atoms. The standard InChI is InChI=1S/C11H14O3S/c1-11(9-14-11)7-8-15(12,13)10-5-3-2-4-6-10/h2-6H,7-9H2,1H3. The second-order valence-corrected chi connectivity index (χ2v) is 6.23. The molecule has 0 spiro atoms. The van der Waals surface area contributed by atoms with Crippen LogP contribution in [0.1, 0.15) is 13.3 Å². The summed E-state index contributed by atoms with van der Waals surface area (Å²) in [6.07, 6.45) is 0.574. The van der Waals surface area contributed by atoms with Gasteiger partial charge < -0.3 is 4.74 Å². The minimum absolute atomic E-state index is 0.160. The Morgan fingerprint density at radius 1 is 1.33 bits per heavy atom. The molecule has 2 rings (SSSR count). The molecule has 0 aliphatic carbocycles. The number of sulfone groups is 1. The molecule has 0 aromatic heterocycles. The molecule has 1 aliphatic rings. The number of hydrogen-bond acceptors (Lipinski definition) is 3. The number of benzene rings is 1. The van der Waals surface area contributed by atoms with Crippen LogP contribution in [0.2, 0.25) is 0 Å². The largest absolute Gasteiger partial charge is 0.370 e. The van der Waals surface area contributed by atoms with Crippen molar-refractivity contribution in [3.8, 4) is 0 Å². The van der Waals surface area contributed by atoms with Crippen molar-refractivity contribution >= 4 is 9.84 Å². The molecule has 1 fully saturated rings. The Morgan fingerprint density at radius 3 is 2.47 bits per heavy atom. The van der Waals surface area contributed by atoms with Crippen LogP contribution in [-0.2, 0) is 14.6 Å². The fraction of sp³-hybridized carbons (Fsp3) is 0.455. The van der Waals surface area contributed by atoms with Crippen LogP contribution in [0.25, 0.3) is 0 Å². The van der Waals surface area contributed by atoms with Gasteiger partial charge in [-0.25, -0.2) is 8.42 Å². The molecule has 4 heteroatoms. The highest BCUT2D eigenvalue weighted by molar-refractivity contribution is 7.91. The molecule has 82 valence electrons. The second kappa shape index (κ2) is 3.61. The van der Waals surface area contributed by atoms with Gasteiger partial charge in [-0.3, -0.25) is 0 Å². The SMILES string of the molecule is CC1(CCS(=O)(=O)c2ccccc2)CO1. The average molecular weight is 226 g/mol. The van der Waals surface area contributed by atoms with Gasteiger partial charge in [0.1, 0.15) is 0 Å². The quantitative estimate of drug-likeness (QED) is 0.733. The third-order valence-electron chi connectivity index (χ3n) is 2.64. The number of rotatable bonds is 4. The van der Waals surface area contributed by atoms with Crippen molar-refractivity contribution in [3.05, 3.63) is 30.3 Å². The van der Waals surface area contributed by atoms with Gasteiger partial charge in [-0.05, 0) is 25.5 Å². The van der Waals surface area contributed by atoms with E-state index in [9.17, 15) is 8.42 Å². The fourth-order valence-corrected chi connectivity index (χ4v) is 2.87. The lowest BCUT2D eigenvalue weighted by atomic mass is 10.1. The van der Waals surface area contributed by atoms with Crippen molar-refractivity contribution in [2.24, 2.45) is 0 Å². The van der Waals surface area contributed by atoms with Crippen molar-refractivity contribution in [1.82, 2.24) is 0 Å². The Bertz CT molecular complexity index is 432. The van der Waals surface area contributed by atoms with Gasteiger partial charge in [0.15, 0.2) is 9.84 Å². The van der Waals surface area contributed by atoms with Crippen LogP contribution < -0.4 is 0 Å². The molecular weight excluding hydrogens is 212 g/mol. The maximum absolute atomic E-state index is 11.9. The summed E-state index contributed by atoms with van der Waals surface area (Å²) in [5.41, 5.74) is -0.193. The number of ether oxygens (including phenoxy) is 1. The van der Waals surface area contributed by atoms with Crippen molar-refractivity contribution in [3.63, 3.8) is 0 Å². The minimum Gasteiger partial charge on any atom is -0.370 e. The van der Waals surface area contributed by atoms with E-state index in [2.05, 4.69) is 0 Å². The van der Waals surface area contributed by atoms with Crippen LogP contribution in [0, 0.1) is 0 Å². The zero-order valence-electron chi connectivity index (χ0n) is 8.64. The first-order valence-electron chi connectivity index (χ1n) is 4.94. The van der Waals surface area contributed by atoms with Gasteiger partial charge in [-0.1, -0.05) is 18.2 Å². The molecule has 1 saturated heterocycles. The highest BCUT2D eigenvalue weighted by Crippen LogP contribution is 2.30. The molecule has 1 aromatic carbocycles. The van der Waals surface area contributed by atoms with E-state index in [-0.39, 0.29) is 11.4 Å². The van der Waals surface area contributed by atoms with Crippen LogP contribution in [-0.4, -0.2) is 26.4 Å². The molecule has 1 atom stereocenters. The topological polar surface area (TPSA) is 46.7 Å². The highest BCUT2D eigenvalue weighted by atomic mass is 32.2. The molecule has 1 aromatic rings. The summed E-state index contributed by atoms with van der Waals surface area (Å²) in [6.45, 7) is 2.62. The first kappa shape index (κ1) is 10.6. The summed E-state index contributed by atoms with van der Waals surface area (Å²) in [5, 5.41) is 0. The van der Waals surface area contributed by atoms with Crippen LogP contribution >= 0.6 is 0 Å². The van der Waals surface area contributed by atoms with Crippen LogP contribution in [0.15, 0.2) is 35.2 Å². The second-order valence-electron chi connectivity index (χ2n) is 4.12. The van der Waals surface area contributed by atoms with Gasteiger partial charge in [0.2, 0.25) is 0 Å². The number of epoxide rings is 1. The lowest BCUT2D eigenvalue weighted by molar-refractivity contribution is 0.317. The highest BCUT2D eigenvalue weighted by Gasteiger charge is 2.39. The Balaban J connectivity index is 2.07. The van der Waals surface area contributed by atoms with E-state index in [1.807, 2.05) is 13.0 Å². The molecule has 3 nitrogen and oxygen atoms in total. The Morgan fingerprint density at radius 2 is 1.93 bits per heavy atom. The van der Waals surface area contributed by atoms with E-state index >= 15 is 0 Å². The fourth-order valence-electron chi connectivity index (χ4n) is 1.36. The van der Waals surface area contributed by atoms with Gasteiger partial charge >= 0.3 is 0 Å². The van der Waals surface area contributed by atoms with Crippen molar-refractivity contribution in [1.29, 1.82) is 0 Å². The molecule has 1 unspecified atom stereocenters. The molecule has 0 amide bonds. The van der Waals surface area contributed by atoms with Crippen molar-refractivity contribution < 1.29 is 13.2 Å². The maximum atomic E-state index is 11.9. The van der Waals surface area contributed by atoms with Crippen LogP contribution in [0.5, 0.6) is 0 Å². The molecule has 0 N–H and O–H groups in total. The van der Waals surface area contributed by atoms with Crippen molar-refractivity contribution in [2.45, 2.75) is 23.8 Å². The smallest absolute Gasteiger partial charge is 0.178 e. The molecule has 1 heterocycles. The summed E-state index contributed by atoms with van der Waals surface area (Å²) in [6, 6.07) is 8.55. The minimum atomic E-state index is -3.13. The lowest BCUT2D eigenvalue weighted by Gasteiger charge is -2.06. The summed E-state index contributed by atoms with van der Waals surface area (Å²) < 4.78 is 28.9. The third-order valence-corrected chi connectivity index (χ3v) is 4.37. The predicted octanol–water partition coefficient (Wildman–Crippen LogP) is 1.64. The summed E-state index contributed by atoms with van der Waals surface area (Å²) in [4.78, 5) is 0.397. The van der Waals surface area contributed by atoms with Gasteiger partial charge in [-0.15, -0.1) is 0 Å². The first-order valence-corrected chi connectivity index (χ1v) is 6.59. The molecule has 15 heavy (non-hydrogen) atoms. The zero-order valence-corrected chi connectivity index (χ0v) is 9.46. The Hall–Kier alpha value is -0.870. The number of hydrogen-bond donors (Lipinski definition) is 0. The summed E-state index contributed by atoms with van der Waals surface area (Å²) in [7, 11) is -3.13. The maximum Gasteiger partial charge on any atom is 0.178 e. The zero-order chi connectivity index (χ0) is 10.9. The molecular formula is C11H14O3S. The predicted molar refractivity (Wildman–Crippen MR) is 57.5 cm³/mol. The van der Waals surface area contributed by atoms with Gasteiger partial charge in [0.25, 0.3) is 0 Å². The van der Waals surface area contributed by atoms with Gasteiger partial charge in [0, 0.05) is 0 Å². The molecule has 1 aliphatic heterocycles. The summed E-state index contributed by atoms with van der Waals surface area (Å²) in [5.74, 6) is 0.160. The molecule has 0 radical (unpaired) electrons. The Kier molecular flexibility index (Phi) is 2.56. The van der Waals surface area contributed by atoms with E-state index < -0.39 is 9.84 Å². The molecule has 0 saturated carbocycles. The van der Waals surface area contributed by atoms with E-state index in [0.717, 1.165) is 0 Å². The summed E-state index contributed by atoms with van der Waals surface area (Å²) >= 11 is 0. The lowest BCUT2D eigenvalue weighted by Crippen LogP contribution is -2.14. The average Bonchev–Trinajstić information content (AvgIpc) is 2.96. The van der Waals surface area contributed by atoms with Gasteiger partial charge in [-0.2, -0.15) is 0 Å². The van der Waals surface area contributed by atoms with E-state index in [1.54, 1.807) is 24.3 Å².